The van der Waals surface area contributed by atoms with Crippen LogP contribution < -0.4 is 0 Å². The summed E-state index contributed by atoms with van der Waals surface area (Å²) in [6.45, 7) is 4.53. The smallest absolute Gasteiger partial charge is 0.309 e. The second-order valence-electron chi connectivity index (χ2n) is 5.90. The van der Waals surface area contributed by atoms with Crippen molar-refractivity contribution >= 4 is 27.4 Å². The molecule has 3 nitrogen and oxygen atoms in total. The third-order valence-electron chi connectivity index (χ3n) is 4.43. The number of hydrogen-bond acceptors (Lipinski definition) is 3. The molecule has 2 aromatic rings. The van der Waals surface area contributed by atoms with Gasteiger partial charge in [0.2, 0.25) is 0 Å². The van der Waals surface area contributed by atoms with Gasteiger partial charge in [0.15, 0.2) is 0 Å². The molecule has 1 saturated heterocycles. The van der Waals surface area contributed by atoms with E-state index in [4.69, 9.17) is 0 Å². The number of benzene rings is 1. The van der Waals surface area contributed by atoms with Gasteiger partial charge >= 0.3 is 5.97 Å². The lowest BCUT2D eigenvalue weighted by Gasteiger charge is -2.36. The highest BCUT2D eigenvalue weighted by atomic mass is 32.1. The summed E-state index contributed by atoms with van der Waals surface area (Å²) in [6.07, 6.45) is 1.48. The van der Waals surface area contributed by atoms with Crippen LogP contribution >= 0.6 is 11.3 Å². The summed E-state index contributed by atoms with van der Waals surface area (Å²) < 4.78 is 1.33. The van der Waals surface area contributed by atoms with Crippen molar-refractivity contribution in [3.63, 3.8) is 0 Å². The molecule has 0 aliphatic carbocycles. The lowest BCUT2D eigenvalue weighted by atomic mass is 9.80. The van der Waals surface area contributed by atoms with Gasteiger partial charge in [-0.05, 0) is 55.3 Å². The topological polar surface area (TPSA) is 40.5 Å². The van der Waals surface area contributed by atoms with Crippen molar-refractivity contribution in [2.24, 2.45) is 5.41 Å². The summed E-state index contributed by atoms with van der Waals surface area (Å²) in [5.74, 6) is -0.655. The molecular weight excluding hydrogens is 270 g/mol. The van der Waals surface area contributed by atoms with Gasteiger partial charge in [0.1, 0.15) is 0 Å². The zero-order chi connectivity index (χ0) is 14.2. The first-order valence-corrected chi connectivity index (χ1v) is 7.87. The minimum Gasteiger partial charge on any atom is -0.481 e. The molecule has 3 rings (SSSR count). The number of carboxylic acid groups (broad SMARTS) is 1. The number of carbonyl (C=O) groups is 1. The summed E-state index contributed by atoms with van der Waals surface area (Å²) in [5.41, 5.74) is 0.831. The normalized spacial score (nSPS) is 19.2. The fourth-order valence-electron chi connectivity index (χ4n) is 2.81. The third-order valence-corrected chi connectivity index (χ3v) is 5.44. The molecule has 106 valence electrons. The second-order valence-corrected chi connectivity index (χ2v) is 6.81. The molecule has 1 aromatic heterocycles. The van der Waals surface area contributed by atoms with Gasteiger partial charge in [0, 0.05) is 11.2 Å². The van der Waals surface area contributed by atoms with Gasteiger partial charge in [-0.25, -0.2) is 0 Å². The van der Waals surface area contributed by atoms with Crippen LogP contribution in [0.3, 0.4) is 0 Å². The SMILES string of the molecule is CC1(C(=O)O)CCN(Cc2csc3ccccc23)CC1. The molecule has 0 spiro atoms. The van der Waals surface area contributed by atoms with E-state index in [0.29, 0.717) is 0 Å². The maximum atomic E-state index is 11.3. The van der Waals surface area contributed by atoms with E-state index in [1.807, 2.05) is 6.92 Å². The van der Waals surface area contributed by atoms with Crippen LogP contribution in [0.25, 0.3) is 10.1 Å². The van der Waals surface area contributed by atoms with Crippen LogP contribution in [-0.4, -0.2) is 29.1 Å². The van der Waals surface area contributed by atoms with Crippen LogP contribution in [0, 0.1) is 5.41 Å². The molecule has 1 N–H and O–H groups in total. The number of piperidine rings is 1. The van der Waals surface area contributed by atoms with Gasteiger partial charge in [-0.3, -0.25) is 9.69 Å². The Hall–Kier alpha value is -1.39. The molecule has 0 bridgehead atoms. The number of thiophene rings is 1. The van der Waals surface area contributed by atoms with E-state index in [0.717, 1.165) is 32.5 Å². The predicted octanol–water partition coefficient (Wildman–Crippen LogP) is 3.59. The number of fused-ring (bicyclic) bond motifs is 1. The number of aliphatic carboxylic acids is 1. The summed E-state index contributed by atoms with van der Waals surface area (Å²) in [4.78, 5) is 13.6. The molecule has 1 aliphatic rings. The third kappa shape index (κ3) is 2.45. The molecule has 2 heterocycles. The Labute approximate surface area is 122 Å². The Morgan fingerprint density at radius 3 is 2.75 bits per heavy atom. The van der Waals surface area contributed by atoms with E-state index < -0.39 is 11.4 Å². The predicted molar refractivity (Wildman–Crippen MR) is 82.1 cm³/mol. The van der Waals surface area contributed by atoms with E-state index in [9.17, 15) is 9.90 Å². The average Bonchev–Trinajstić information content (AvgIpc) is 2.85. The highest BCUT2D eigenvalue weighted by molar-refractivity contribution is 7.17. The highest BCUT2D eigenvalue weighted by Gasteiger charge is 2.36. The van der Waals surface area contributed by atoms with Gasteiger partial charge in [0.25, 0.3) is 0 Å². The largest absolute Gasteiger partial charge is 0.481 e. The molecule has 0 saturated carbocycles. The summed E-state index contributed by atoms with van der Waals surface area (Å²) in [7, 11) is 0. The first-order valence-electron chi connectivity index (χ1n) is 6.99. The molecule has 4 heteroatoms. The first-order chi connectivity index (χ1) is 9.58. The molecule has 1 fully saturated rings. The van der Waals surface area contributed by atoms with Gasteiger partial charge in [-0.1, -0.05) is 18.2 Å². The van der Waals surface area contributed by atoms with Crippen LogP contribution in [0.2, 0.25) is 0 Å². The number of rotatable bonds is 3. The quantitative estimate of drug-likeness (QED) is 0.938. The van der Waals surface area contributed by atoms with E-state index in [1.54, 1.807) is 11.3 Å². The van der Waals surface area contributed by atoms with Crippen molar-refractivity contribution in [1.82, 2.24) is 4.90 Å². The lowest BCUT2D eigenvalue weighted by Crippen LogP contribution is -2.42. The first kappa shape index (κ1) is 13.6. The zero-order valence-corrected chi connectivity index (χ0v) is 12.4. The van der Waals surface area contributed by atoms with Crippen LogP contribution in [0.4, 0.5) is 0 Å². The van der Waals surface area contributed by atoms with Crippen molar-refractivity contribution in [1.29, 1.82) is 0 Å². The minimum atomic E-state index is -0.655. The molecule has 0 radical (unpaired) electrons. The van der Waals surface area contributed by atoms with E-state index >= 15 is 0 Å². The summed E-state index contributed by atoms with van der Waals surface area (Å²) in [5, 5.41) is 12.8. The fourth-order valence-corrected chi connectivity index (χ4v) is 3.77. The maximum Gasteiger partial charge on any atom is 0.309 e. The lowest BCUT2D eigenvalue weighted by molar-refractivity contribution is -0.150. The minimum absolute atomic E-state index is 0.535. The van der Waals surface area contributed by atoms with Crippen molar-refractivity contribution in [3.8, 4) is 0 Å². The summed E-state index contributed by atoms with van der Waals surface area (Å²) in [6, 6.07) is 8.48. The van der Waals surface area contributed by atoms with Gasteiger partial charge in [0.05, 0.1) is 5.41 Å². The van der Waals surface area contributed by atoms with Crippen molar-refractivity contribution in [2.75, 3.05) is 13.1 Å². The second kappa shape index (κ2) is 5.19. The number of likely N-dealkylation sites (tertiary alicyclic amines) is 1. The van der Waals surface area contributed by atoms with E-state index in [2.05, 4.69) is 34.5 Å². The summed E-state index contributed by atoms with van der Waals surface area (Å²) >= 11 is 1.79. The molecule has 1 aromatic carbocycles. The Kier molecular flexibility index (Phi) is 3.52. The van der Waals surface area contributed by atoms with Crippen LogP contribution in [0.15, 0.2) is 29.6 Å². The van der Waals surface area contributed by atoms with Gasteiger partial charge < -0.3 is 5.11 Å². The molecule has 0 unspecified atom stereocenters. The Morgan fingerprint density at radius 1 is 1.35 bits per heavy atom. The Bertz CT molecular complexity index is 626. The number of carboxylic acids is 1. The van der Waals surface area contributed by atoms with Crippen LogP contribution in [-0.2, 0) is 11.3 Å². The maximum absolute atomic E-state index is 11.3. The Morgan fingerprint density at radius 2 is 2.05 bits per heavy atom. The number of nitrogens with zero attached hydrogens (tertiary/aromatic N) is 1. The van der Waals surface area contributed by atoms with Crippen molar-refractivity contribution in [2.45, 2.75) is 26.3 Å². The van der Waals surface area contributed by atoms with Crippen LogP contribution in [0.1, 0.15) is 25.3 Å². The van der Waals surface area contributed by atoms with Crippen molar-refractivity contribution < 1.29 is 9.90 Å². The van der Waals surface area contributed by atoms with Gasteiger partial charge in [-0.2, -0.15) is 0 Å². The standard InChI is InChI=1S/C16H19NO2S/c1-16(15(18)19)6-8-17(9-7-16)10-12-11-20-14-5-3-2-4-13(12)14/h2-5,11H,6-10H2,1H3,(H,18,19). The molecular formula is C16H19NO2S. The average molecular weight is 289 g/mol. The van der Waals surface area contributed by atoms with Crippen LogP contribution in [0.5, 0.6) is 0 Å². The van der Waals surface area contributed by atoms with E-state index in [-0.39, 0.29) is 0 Å². The monoisotopic (exact) mass is 289 g/mol. The molecule has 0 atom stereocenters. The Balaban J connectivity index is 1.70. The van der Waals surface area contributed by atoms with Gasteiger partial charge in [-0.15, -0.1) is 11.3 Å². The highest BCUT2D eigenvalue weighted by Crippen LogP contribution is 2.33. The number of hydrogen-bond donors (Lipinski definition) is 1. The molecule has 20 heavy (non-hydrogen) atoms. The fraction of sp³-hybridized carbons (Fsp3) is 0.438. The zero-order valence-electron chi connectivity index (χ0n) is 11.6. The van der Waals surface area contributed by atoms with Crippen molar-refractivity contribution in [3.05, 3.63) is 35.2 Å². The molecule has 0 amide bonds. The molecule has 1 aliphatic heterocycles. The van der Waals surface area contributed by atoms with E-state index in [1.165, 1.54) is 15.6 Å².